The largest absolute Gasteiger partial charge is 0.237 e. The maximum atomic E-state index is 4.25. The highest BCUT2D eigenvalue weighted by atomic mass is 127. The fraction of sp³-hybridized carbons (Fsp3) is 0. The van der Waals surface area contributed by atoms with Gasteiger partial charge in [0.05, 0.1) is 0 Å². The second-order valence-corrected chi connectivity index (χ2v) is 3.29. The van der Waals surface area contributed by atoms with Crippen molar-refractivity contribution in [2.75, 3.05) is 0 Å². The first-order valence-corrected chi connectivity index (χ1v) is 4.31. The standard InChI is InChI=1S/C8H5IN2/c9-7-4-3-6-2-1-5-10-8(6)11-7/h1-5H. The Labute approximate surface area is 77.8 Å². The Morgan fingerprint density at radius 2 is 2.09 bits per heavy atom. The third-order valence-corrected chi connectivity index (χ3v) is 2.03. The summed E-state index contributed by atoms with van der Waals surface area (Å²) in [5.41, 5.74) is 0.819. The first-order valence-electron chi connectivity index (χ1n) is 3.23. The van der Waals surface area contributed by atoms with Crippen LogP contribution in [0.15, 0.2) is 30.5 Å². The summed E-state index contributed by atoms with van der Waals surface area (Å²) in [6.07, 6.45) is 1.76. The summed E-state index contributed by atoms with van der Waals surface area (Å²) >= 11 is 2.18. The van der Waals surface area contributed by atoms with Crippen LogP contribution in [0.5, 0.6) is 0 Å². The minimum absolute atomic E-state index is 0.819. The molecule has 0 amide bonds. The van der Waals surface area contributed by atoms with Crippen molar-refractivity contribution in [1.82, 2.24) is 9.97 Å². The molecular formula is C8H5IN2. The average molecular weight is 256 g/mol. The van der Waals surface area contributed by atoms with Crippen LogP contribution in [0.2, 0.25) is 0 Å². The molecule has 2 rings (SSSR count). The molecule has 0 saturated heterocycles. The second kappa shape index (κ2) is 2.73. The van der Waals surface area contributed by atoms with E-state index in [1.165, 1.54) is 0 Å². The van der Waals surface area contributed by atoms with Gasteiger partial charge in [-0.05, 0) is 46.9 Å². The molecule has 0 aliphatic carbocycles. The molecule has 0 aliphatic rings. The van der Waals surface area contributed by atoms with Crippen LogP contribution in [0.25, 0.3) is 11.0 Å². The fourth-order valence-electron chi connectivity index (χ4n) is 0.930. The van der Waals surface area contributed by atoms with Crippen molar-refractivity contribution in [3.05, 3.63) is 34.2 Å². The van der Waals surface area contributed by atoms with E-state index in [0.717, 1.165) is 14.7 Å². The first kappa shape index (κ1) is 6.97. The predicted molar refractivity (Wildman–Crippen MR) is 52.3 cm³/mol. The molecule has 0 atom stereocenters. The van der Waals surface area contributed by atoms with Crippen molar-refractivity contribution in [3.8, 4) is 0 Å². The molecule has 2 aromatic heterocycles. The molecule has 0 radical (unpaired) electrons. The van der Waals surface area contributed by atoms with Crippen LogP contribution in [0.4, 0.5) is 0 Å². The smallest absolute Gasteiger partial charge is 0.160 e. The van der Waals surface area contributed by atoms with Crippen LogP contribution in [0, 0.1) is 3.70 Å². The number of fused-ring (bicyclic) bond motifs is 1. The molecule has 0 aromatic carbocycles. The van der Waals surface area contributed by atoms with Gasteiger partial charge in [0.2, 0.25) is 0 Å². The summed E-state index contributed by atoms with van der Waals surface area (Å²) in [7, 11) is 0. The number of halogens is 1. The van der Waals surface area contributed by atoms with Crippen LogP contribution in [0.1, 0.15) is 0 Å². The van der Waals surface area contributed by atoms with Gasteiger partial charge < -0.3 is 0 Å². The van der Waals surface area contributed by atoms with E-state index < -0.39 is 0 Å². The molecule has 2 aromatic rings. The fourth-order valence-corrected chi connectivity index (χ4v) is 1.34. The summed E-state index contributed by atoms with van der Waals surface area (Å²) in [5, 5.41) is 1.09. The number of hydrogen-bond acceptors (Lipinski definition) is 2. The van der Waals surface area contributed by atoms with Crippen molar-refractivity contribution in [1.29, 1.82) is 0 Å². The molecule has 0 spiro atoms. The molecule has 0 saturated carbocycles. The van der Waals surface area contributed by atoms with Gasteiger partial charge in [0, 0.05) is 11.6 Å². The van der Waals surface area contributed by atoms with Gasteiger partial charge in [-0.25, -0.2) is 9.97 Å². The Bertz CT molecular complexity index is 387. The molecule has 11 heavy (non-hydrogen) atoms. The van der Waals surface area contributed by atoms with E-state index in [-0.39, 0.29) is 0 Å². The van der Waals surface area contributed by atoms with Gasteiger partial charge in [0.1, 0.15) is 3.70 Å². The van der Waals surface area contributed by atoms with Gasteiger partial charge >= 0.3 is 0 Å². The molecule has 0 unspecified atom stereocenters. The maximum absolute atomic E-state index is 4.25. The average Bonchev–Trinajstić information content (AvgIpc) is 2.04. The number of pyridine rings is 2. The topological polar surface area (TPSA) is 25.8 Å². The van der Waals surface area contributed by atoms with E-state index in [1.807, 2.05) is 24.3 Å². The van der Waals surface area contributed by atoms with Crippen LogP contribution in [-0.4, -0.2) is 9.97 Å². The highest BCUT2D eigenvalue weighted by molar-refractivity contribution is 14.1. The summed E-state index contributed by atoms with van der Waals surface area (Å²) in [4.78, 5) is 8.38. The van der Waals surface area contributed by atoms with Crippen LogP contribution >= 0.6 is 22.6 Å². The lowest BCUT2D eigenvalue weighted by atomic mass is 10.3. The molecular weight excluding hydrogens is 251 g/mol. The highest BCUT2D eigenvalue weighted by Crippen LogP contribution is 2.09. The molecule has 3 heteroatoms. The first-order chi connectivity index (χ1) is 5.36. The Morgan fingerprint density at radius 1 is 1.18 bits per heavy atom. The normalized spacial score (nSPS) is 10.3. The SMILES string of the molecule is Ic1ccc2cccnc2n1. The summed E-state index contributed by atoms with van der Waals surface area (Å²) in [6.45, 7) is 0. The summed E-state index contributed by atoms with van der Waals surface area (Å²) < 4.78 is 0.980. The number of nitrogens with zero attached hydrogens (tertiary/aromatic N) is 2. The van der Waals surface area contributed by atoms with E-state index in [2.05, 4.69) is 32.6 Å². The van der Waals surface area contributed by atoms with Gasteiger partial charge in [0.25, 0.3) is 0 Å². The zero-order valence-electron chi connectivity index (χ0n) is 5.66. The highest BCUT2D eigenvalue weighted by Gasteiger charge is 1.93. The van der Waals surface area contributed by atoms with Crippen LogP contribution in [-0.2, 0) is 0 Å². The van der Waals surface area contributed by atoms with E-state index in [1.54, 1.807) is 6.20 Å². The molecule has 54 valence electrons. The van der Waals surface area contributed by atoms with Gasteiger partial charge in [-0.2, -0.15) is 0 Å². The van der Waals surface area contributed by atoms with Crippen molar-refractivity contribution >= 4 is 33.6 Å². The Morgan fingerprint density at radius 3 is 3.00 bits per heavy atom. The van der Waals surface area contributed by atoms with Crippen molar-refractivity contribution in [2.45, 2.75) is 0 Å². The van der Waals surface area contributed by atoms with Crippen molar-refractivity contribution in [2.24, 2.45) is 0 Å². The molecule has 2 heterocycles. The molecule has 0 aliphatic heterocycles. The maximum Gasteiger partial charge on any atom is 0.160 e. The number of rotatable bonds is 0. The molecule has 0 fully saturated rings. The quantitative estimate of drug-likeness (QED) is 0.533. The van der Waals surface area contributed by atoms with Gasteiger partial charge in [0.15, 0.2) is 5.65 Å². The Kier molecular flexibility index (Phi) is 1.73. The van der Waals surface area contributed by atoms with Gasteiger partial charge in [-0.1, -0.05) is 0 Å². The van der Waals surface area contributed by atoms with E-state index in [9.17, 15) is 0 Å². The zero-order valence-corrected chi connectivity index (χ0v) is 7.82. The lowest BCUT2D eigenvalue weighted by Gasteiger charge is -1.93. The summed E-state index contributed by atoms with van der Waals surface area (Å²) in [6, 6.07) is 7.92. The monoisotopic (exact) mass is 256 g/mol. The van der Waals surface area contributed by atoms with E-state index in [4.69, 9.17) is 0 Å². The van der Waals surface area contributed by atoms with E-state index in [0.29, 0.717) is 0 Å². The predicted octanol–water partition coefficient (Wildman–Crippen LogP) is 2.23. The Hall–Kier alpha value is -0.710. The third kappa shape index (κ3) is 1.33. The molecule has 0 bridgehead atoms. The van der Waals surface area contributed by atoms with Gasteiger partial charge in [-0.15, -0.1) is 0 Å². The van der Waals surface area contributed by atoms with Crippen LogP contribution < -0.4 is 0 Å². The molecule has 2 nitrogen and oxygen atoms in total. The third-order valence-electron chi connectivity index (χ3n) is 1.43. The molecule has 0 N–H and O–H groups in total. The lowest BCUT2D eigenvalue weighted by molar-refractivity contribution is 1.25. The number of hydrogen-bond donors (Lipinski definition) is 0. The van der Waals surface area contributed by atoms with Crippen molar-refractivity contribution < 1.29 is 0 Å². The van der Waals surface area contributed by atoms with Gasteiger partial charge in [-0.3, -0.25) is 0 Å². The van der Waals surface area contributed by atoms with Crippen molar-refractivity contribution in [3.63, 3.8) is 0 Å². The Balaban J connectivity index is 2.83. The minimum atomic E-state index is 0.819. The lowest BCUT2D eigenvalue weighted by Crippen LogP contribution is -1.84. The zero-order chi connectivity index (χ0) is 7.68. The second-order valence-electron chi connectivity index (χ2n) is 2.18. The number of aromatic nitrogens is 2. The summed E-state index contributed by atoms with van der Waals surface area (Å²) in [5.74, 6) is 0. The van der Waals surface area contributed by atoms with Crippen LogP contribution in [0.3, 0.4) is 0 Å². The van der Waals surface area contributed by atoms with E-state index >= 15 is 0 Å². The minimum Gasteiger partial charge on any atom is -0.237 e.